The molecule has 1 saturated heterocycles. The van der Waals surface area contributed by atoms with E-state index in [1.54, 1.807) is 11.8 Å². The molecule has 0 bridgehead atoms. The van der Waals surface area contributed by atoms with Gasteiger partial charge >= 0.3 is 6.09 Å². The van der Waals surface area contributed by atoms with Crippen molar-refractivity contribution in [3.05, 3.63) is 21.4 Å². The third-order valence-corrected chi connectivity index (χ3v) is 4.90. The van der Waals surface area contributed by atoms with Crippen LogP contribution in [0.4, 0.5) is 4.79 Å². The first-order chi connectivity index (χ1) is 10.0. The Bertz CT molecular complexity index is 499. The molecule has 0 aliphatic carbocycles. The van der Waals surface area contributed by atoms with Crippen LogP contribution in [0.25, 0.3) is 0 Å². The van der Waals surface area contributed by atoms with E-state index in [1.807, 2.05) is 19.9 Å². The molecule has 0 saturated carbocycles. The van der Waals surface area contributed by atoms with Gasteiger partial charge in [0.1, 0.15) is 0 Å². The molecule has 1 aliphatic heterocycles. The predicted molar refractivity (Wildman–Crippen MR) is 82.9 cm³/mol. The topological polar surface area (TPSA) is 58.6 Å². The van der Waals surface area contributed by atoms with Crippen molar-refractivity contribution in [1.82, 2.24) is 10.2 Å². The third kappa shape index (κ3) is 3.97. The average molecular weight is 310 g/mol. The van der Waals surface area contributed by atoms with Gasteiger partial charge in [-0.3, -0.25) is 4.79 Å². The standard InChI is InChI=1S/C15H22N2O3S/c1-4-20-15(19)17-7-5-12(6-8-17)16-14(18)13-9-10(2)11(3)21-13/h9,12H,4-8H2,1-3H3,(H,16,18). The second kappa shape index (κ2) is 6.93. The van der Waals surface area contributed by atoms with Gasteiger partial charge in [0.05, 0.1) is 11.5 Å². The number of carbonyl (C=O) groups excluding carboxylic acids is 2. The van der Waals surface area contributed by atoms with Crippen molar-refractivity contribution in [2.45, 2.75) is 39.7 Å². The van der Waals surface area contributed by atoms with Gasteiger partial charge in [0, 0.05) is 24.0 Å². The van der Waals surface area contributed by atoms with Gasteiger partial charge in [-0.25, -0.2) is 4.79 Å². The molecule has 0 unspecified atom stereocenters. The predicted octanol–water partition coefficient (Wildman–Crippen LogP) is 2.72. The van der Waals surface area contributed by atoms with Crippen LogP contribution in [0.3, 0.4) is 0 Å². The van der Waals surface area contributed by atoms with Crippen LogP contribution < -0.4 is 5.32 Å². The molecule has 6 heteroatoms. The minimum Gasteiger partial charge on any atom is -0.450 e. The van der Waals surface area contributed by atoms with Gasteiger partial charge in [0.15, 0.2) is 0 Å². The van der Waals surface area contributed by atoms with Crippen molar-refractivity contribution in [2.75, 3.05) is 19.7 Å². The molecular weight excluding hydrogens is 288 g/mol. The lowest BCUT2D eigenvalue weighted by Gasteiger charge is -2.31. The van der Waals surface area contributed by atoms with E-state index < -0.39 is 0 Å². The molecule has 1 aliphatic rings. The van der Waals surface area contributed by atoms with E-state index >= 15 is 0 Å². The van der Waals surface area contributed by atoms with Crippen LogP contribution in [0.5, 0.6) is 0 Å². The summed E-state index contributed by atoms with van der Waals surface area (Å²) in [6.45, 7) is 7.50. The number of carbonyl (C=O) groups is 2. The van der Waals surface area contributed by atoms with Gasteiger partial charge in [-0.2, -0.15) is 0 Å². The maximum atomic E-state index is 12.2. The normalized spacial score (nSPS) is 15.9. The van der Waals surface area contributed by atoms with Crippen LogP contribution in [0.1, 0.15) is 39.9 Å². The first kappa shape index (κ1) is 15.8. The second-order valence-corrected chi connectivity index (χ2v) is 6.54. The smallest absolute Gasteiger partial charge is 0.409 e. The van der Waals surface area contributed by atoms with Crippen molar-refractivity contribution in [1.29, 1.82) is 0 Å². The van der Waals surface area contributed by atoms with E-state index in [4.69, 9.17) is 4.74 Å². The fourth-order valence-electron chi connectivity index (χ4n) is 2.36. The zero-order chi connectivity index (χ0) is 15.4. The van der Waals surface area contributed by atoms with Crippen molar-refractivity contribution in [3.63, 3.8) is 0 Å². The van der Waals surface area contributed by atoms with Crippen molar-refractivity contribution < 1.29 is 14.3 Å². The zero-order valence-corrected chi connectivity index (χ0v) is 13.6. The molecule has 116 valence electrons. The fourth-order valence-corrected chi connectivity index (χ4v) is 3.30. The Hall–Kier alpha value is -1.56. The second-order valence-electron chi connectivity index (χ2n) is 5.28. The molecule has 1 fully saturated rings. The zero-order valence-electron chi connectivity index (χ0n) is 12.8. The highest BCUT2D eigenvalue weighted by Crippen LogP contribution is 2.21. The van der Waals surface area contributed by atoms with Crippen LogP contribution in [-0.4, -0.2) is 42.6 Å². The molecule has 0 radical (unpaired) electrons. The number of aryl methyl sites for hydroxylation is 2. The number of hydrogen-bond donors (Lipinski definition) is 1. The summed E-state index contributed by atoms with van der Waals surface area (Å²) in [5, 5.41) is 3.06. The molecular formula is C15H22N2O3S. The van der Waals surface area contributed by atoms with E-state index in [9.17, 15) is 9.59 Å². The lowest BCUT2D eigenvalue weighted by molar-refractivity contribution is 0.0862. The number of piperidine rings is 1. The minimum absolute atomic E-state index is 0.00853. The summed E-state index contributed by atoms with van der Waals surface area (Å²) in [4.78, 5) is 27.4. The largest absolute Gasteiger partial charge is 0.450 e. The lowest BCUT2D eigenvalue weighted by Crippen LogP contribution is -2.46. The SMILES string of the molecule is CCOC(=O)N1CCC(NC(=O)c2cc(C)c(C)s2)CC1. The summed E-state index contributed by atoms with van der Waals surface area (Å²) in [5.41, 5.74) is 1.15. The summed E-state index contributed by atoms with van der Waals surface area (Å²) in [7, 11) is 0. The Morgan fingerprint density at radius 2 is 2.05 bits per heavy atom. The first-order valence-electron chi connectivity index (χ1n) is 7.30. The number of ether oxygens (including phenoxy) is 1. The van der Waals surface area contributed by atoms with Crippen molar-refractivity contribution in [3.8, 4) is 0 Å². The number of nitrogens with zero attached hydrogens (tertiary/aromatic N) is 1. The van der Waals surface area contributed by atoms with Crippen LogP contribution >= 0.6 is 11.3 Å². The van der Waals surface area contributed by atoms with Gasteiger partial charge in [-0.1, -0.05) is 0 Å². The molecule has 1 N–H and O–H groups in total. The lowest BCUT2D eigenvalue weighted by atomic mass is 10.1. The summed E-state index contributed by atoms with van der Waals surface area (Å²) < 4.78 is 4.98. The van der Waals surface area contributed by atoms with Gasteiger partial charge in [0.2, 0.25) is 0 Å². The van der Waals surface area contributed by atoms with Crippen LogP contribution in [0.2, 0.25) is 0 Å². The Labute approximate surface area is 129 Å². The molecule has 0 spiro atoms. The molecule has 1 aromatic heterocycles. The Kier molecular flexibility index (Phi) is 5.22. The van der Waals surface area contributed by atoms with Gasteiger partial charge in [0.25, 0.3) is 5.91 Å². The van der Waals surface area contributed by atoms with Gasteiger partial charge in [-0.15, -0.1) is 11.3 Å². The monoisotopic (exact) mass is 310 g/mol. The first-order valence-corrected chi connectivity index (χ1v) is 8.12. The highest BCUT2D eigenvalue weighted by Gasteiger charge is 2.25. The molecule has 5 nitrogen and oxygen atoms in total. The van der Waals surface area contributed by atoms with Gasteiger partial charge in [-0.05, 0) is 45.2 Å². The highest BCUT2D eigenvalue weighted by atomic mass is 32.1. The number of amides is 2. The number of thiophene rings is 1. The average Bonchev–Trinajstić information content (AvgIpc) is 2.80. The highest BCUT2D eigenvalue weighted by molar-refractivity contribution is 7.14. The molecule has 0 aromatic carbocycles. The van der Waals surface area contributed by atoms with E-state index in [0.717, 1.165) is 23.3 Å². The summed E-state index contributed by atoms with van der Waals surface area (Å²) in [6, 6.07) is 2.06. The maximum absolute atomic E-state index is 12.2. The van der Waals surface area contributed by atoms with E-state index in [1.165, 1.54) is 16.2 Å². The van der Waals surface area contributed by atoms with Gasteiger partial charge < -0.3 is 15.0 Å². The van der Waals surface area contributed by atoms with E-state index in [-0.39, 0.29) is 18.0 Å². The number of rotatable bonds is 3. The summed E-state index contributed by atoms with van der Waals surface area (Å²) in [5.74, 6) is -0.00853. The Morgan fingerprint density at radius 1 is 1.38 bits per heavy atom. The van der Waals surface area contributed by atoms with Crippen molar-refractivity contribution in [2.24, 2.45) is 0 Å². The molecule has 2 amide bonds. The minimum atomic E-state index is -0.258. The van der Waals surface area contributed by atoms with E-state index in [2.05, 4.69) is 5.32 Å². The third-order valence-electron chi connectivity index (χ3n) is 3.75. The Balaban J connectivity index is 1.83. The molecule has 2 heterocycles. The maximum Gasteiger partial charge on any atom is 0.409 e. The quantitative estimate of drug-likeness (QED) is 0.934. The van der Waals surface area contributed by atoms with Crippen LogP contribution in [0.15, 0.2) is 6.07 Å². The van der Waals surface area contributed by atoms with Crippen molar-refractivity contribution >= 4 is 23.3 Å². The number of hydrogen-bond acceptors (Lipinski definition) is 4. The molecule has 2 rings (SSSR count). The number of nitrogens with one attached hydrogen (secondary N) is 1. The van der Waals surface area contributed by atoms with E-state index in [0.29, 0.717) is 19.7 Å². The molecule has 21 heavy (non-hydrogen) atoms. The fraction of sp³-hybridized carbons (Fsp3) is 0.600. The Morgan fingerprint density at radius 3 is 2.57 bits per heavy atom. The summed E-state index contributed by atoms with van der Waals surface area (Å²) in [6.07, 6.45) is 1.29. The number of likely N-dealkylation sites (tertiary alicyclic amines) is 1. The van der Waals surface area contributed by atoms with Crippen LogP contribution in [-0.2, 0) is 4.74 Å². The molecule has 0 atom stereocenters. The molecule has 1 aromatic rings. The van der Waals surface area contributed by atoms with Crippen LogP contribution in [0, 0.1) is 13.8 Å². The summed E-state index contributed by atoms with van der Waals surface area (Å²) >= 11 is 1.53.